The predicted octanol–water partition coefficient (Wildman–Crippen LogP) is 1.95. The highest BCUT2D eigenvalue weighted by atomic mass is 19.1. The molecule has 0 saturated heterocycles. The highest BCUT2D eigenvalue weighted by Crippen LogP contribution is 2.20. The van der Waals surface area contributed by atoms with E-state index in [-0.39, 0.29) is 17.2 Å². The van der Waals surface area contributed by atoms with Crippen LogP contribution in [0.4, 0.5) is 4.39 Å². The Morgan fingerprint density at radius 1 is 1.38 bits per heavy atom. The fourth-order valence-electron chi connectivity index (χ4n) is 1.77. The van der Waals surface area contributed by atoms with Gasteiger partial charge in [-0.3, -0.25) is 14.7 Å². The number of ketones is 1. The molecule has 6 nitrogen and oxygen atoms in total. The number of benzene rings is 1. The van der Waals surface area contributed by atoms with E-state index in [1.165, 1.54) is 25.1 Å². The topological polar surface area (TPSA) is 95.1 Å². The maximum atomic E-state index is 13.3. The molecule has 21 heavy (non-hydrogen) atoms. The number of aromatic amines is 1. The van der Waals surface area contributed by atoms with Crippen LogP contribution in [-0.4, -0.2) is 27.0 Å². The number of H-pyrrole nitrogens is 1. The third-order valence-corrected chi connectivity index (χ3v) is 3.00. The lowest BCUT2D eigenvalue weighted by atomic mass is 10.1. The number of phenolic OH excluding ortho intramolecular Hbond substituents is 1. The standard InChI is InChI=1S/C14H14FN3O3/c1-7(9-3-4-13(20)10(15)5-9)16-14(21)12-6-11(8(2)19)17-18-12/h3-7,20H,1-2H3,(H,16,21)(H,17,18). The number of carbonyl (C=O) groups is 2. The van der Waals surface area contributed by atoms with E-state index in [1.54, 1.807) is 6.92 Å². The Labute approximate surface area is 120 Å². The number of carbonyl (C=O) groups excluding carboxylic acids is 2. The van der Waals surface area contributed by atoms with Crippen LogP contribution in [0, 0.1) is 5.82 Å². The van der Waals surface area contributed by atoms with Crippen LogP contribution in [0.15, 0.2) is 24.3 Å². The number of rotatable bonds is 4. The summed E-state index contributed by atoms with van der Waals surface area (Å²) in [7, 11) is 0. The molecule has 0 spiro atoms. The monoisotopic (exact) mass is 291 g/mol. The second-order valence-electron chi connectivity index (χ2n) is 4.63. The van der Waals surface area contributed by atoms with Gasteiger partial charge in [0.25, 0.3) is 5.91 Å². The van der Waals surface area contributed by atoms with Crippen LogP contribution in [0.5, 0.6) is 5.75 Å². The molecular formula is C14H14FN3O3. The molecule has 0 aliphatic carbocycles. The summed E-state index contributed by atoms with van der Waals surface area (Å²) >= 11 is 0. The lowest BCUT2D eigenvalue weighted by molar-refractivity contribution is 0.0934. The van der Waals surface area contributed by atoms with Crippen molar-refractivity contribution < 1.29 is 19.1 Å². The van der Waals surface area contributed by atoms with Gasteiger partial charge in [-0.15, -0.1) is 0 Å². The molecule has 0 saturated carbocycles. The smallest absolute Gasteiger partial charge is 0.269 e. The second kappa shape index (κ2) is 5.74. The fourth-order valence-corrected chi connectivity index (χ4v) is 1.77. The zero-order valence-electron chi connectivity index (χ0n) is 11.5. The highest BCUT2D eigenvalue weighted by Gasteiger charge is 2.16. The molecule has 0 bridgehead atoms. The number of Topliss-reactive ketones (excluding diaryl/α,β-unsaturated/α-hetero) is 1. The van der Waals surface area contributed by atoms with Crippen molar-refractivity contribution in [2.75, 3.05) is 0 Å². The molecule has 1 unspecified atom stereocenters. The molecule has 1 amide bonds. The van der Waals surface area contributed by atoms with Gasteiger partial charge in [-0.05, 0) is 30.7 Å². The van der Waals surface area contributed by atoms with Gasteiger partial charge in [0.15, 0.2) is 17.3 Å². The first-order valence-corrected chi connectivity index (χ1v) is 6.24. The molecule has 2 rings (SSSR count). The summed E-state index contributed by atoms with van der Waals surface area (Å²) < 4.78 is 13.3. The second-order valence-corrected chi connectivity index (χ2v) is 4.63. The Morgan fingerprint density at radius 3 is 2.67 bits per heavy atom. The van der Waals surface area contributed by atoms with E-state index in [0.717, 1.165) is 6.07 Å². The van der Waals surface area contributed by atoms with Crippen LogP contribution >= 0.6 is 0 Å². The maximum Gasteiger partial charge on any atom is 0.269 e. The van der Waals surface area contributed by atoms with Gasteiger partial charge in [0.05, 0.1) is 6.04 Å². The molecule has 110 valence electrons. The van der Waals surface area contributed by atoms with Crippen LogP contribution in [-0.2, 0) is 0 Å². The lowest BCUT2D eigenvalue weighted by Gasteiger charge is -2.13. The predicted molar refractivity (Wildman–Crippen MR) is 72.5 cm³/mol. The SMILES string of the molecule is CC(=O)c1cc(C(=O)NC(C)c2ccc(O)c(F)c2)[nH]n1. The maximum absolute atomic E-state index is 13.3. The summed E-state index contributed by atoms with van der Waals surface area (Å²) in [5, 5.41) is 18.0. The van der Waals surface area contributed by atoms with E-state index in [9.17, 15) is 14.0 Å². The van der Waals surface area contributed by atoms with E-state index >= 15 is 0 Å². The molecule has 0 aliphatic heterocycles. The first-order chi connectivity index (χ1) is 9.88. The third-order valence-electron chi connectivity index (χ3n) is 3.00. The van der Waals surface area contributed by atoms with Gasteiger partial charge in [-0.1, -0.05) is 6.07 Å². The van der Waals surface area contributed by atoms with E-state index in [4.69, 9.17) is 5.11 Å². The third kappa shape index (κ3) is 3.25. The Morgan fingerprint density at radius 2 is 2.10 bits per heavy atom. The molecule has 0 fully saturated rings. The number of aromatic hydroxyl groups is 1. The zero-order valence-corrected chi connectivity index (χ0v) is 11.5. The van der Waals surface area contributed by atoms with Crippen LogP contribution < -0.4 is 5.32 Å². The van der Waals surface area contributed by atoms with Crippen molar-refractivity contribution in [1.82, 2.24) is 15.5 Å². The number of nitrogens with zero attached hydrogens (tertiary/aromatic N) is 1. The van der Waals surface area contributed by atoms with E-state index < -0.39 is 23.5 Å². The number of amides is 1. The minimum Gasteiger partial charge on any atom is -0.505 e. The first kappa shape index (κ1) is 14.7. The molecule has 0 radical (unpaired) electrons. The van der Waals surface area contributed by atoms with E-state index in [2.05, 4.69) is 15.5 Å². The average molecular weight is 291 g/mol. The Kier molecular flexibility index (Phi) is 4.02. The number of halogens is 1. The minimum atomic E-state index is -0.756. The van der Waals surface area contributed by atoms with E-state index in [1.807, 2.05) is 0 Å². The lowest BCUT2D eigenvalue weighted by Crippen LogP contribution is -2.27. The molecule has 2 aromatic rings. The van der Waals surface area contributed by atoms with Gasteiger partial charge >= 0.3 is 0 Å². The van der Waals surface area contributed by atoms with Crippen LogP contribution in [0.1, 0.15) is 46.4 Å². The van der Waals surface area contributed by atoms with Crippen LogP contribution in [0.25, 0.3) is 0 Å². The number of hydrogen-bond acceptors (Lipinski definition) is 4. The van der Waals surface area contributed by atoms with Crippen molar-refractivity contribution in [3.8, 4) is 5.75 Å². The number of aromatic nitrogens is 2. The first-order valence-electron chi connectivity index (χ1n) is 6.24. The summed E-state index contributed by atoms with van der Waals surface area (Å²) in [6, 6.07) is 4.75. The summed E-state index contributed by atoms with van der Waals surface area (Å²) in [4.78, 5) is 23.1. The summed E-state index contributed by atoms with van der Waals surface area (Å²) in [6.45, 7) is 3.02. The molecule has 3 N–H and O–H groups in total. The van der Waals surface area contributed by atoms with Crippen molar-refractivity contribution in [3.05, 3.63) is 47.0 Å². The summed E-state index contributed by atoms with van der Waals surface area (Å²) in [5.74, 6) is -1.92. The van der Waals surface area contributed by atoms with Gasteiger partial charge in [0, 0.05) is 6.92 Å². The Balaban J connectivity index is 2.10. The van der Waals surface area contributed by atoms with Gasteiger partial charge in [0.2, 0.25) is 0 Å². The average Bonchev–Trinajstić information content (AvgIpc) is 2.91. The Hall–Kier alpha value is -2.70. The molecule has 7 heteroatoms. The van der Waals surface area contributed by atoms with Gasteiger partial charge in [-0.2, -0.15) is 5.10 Å². The molecule has 1 aromatic heterocycles. The number of nitrogens with one attached hydrogen (secondary N) is 2. The minimum absolute atomic E-state index is 0.145. The molecule has 1 atom stereocenters. The molecule has 1 aromatic carbocycles. The van der Waals surface area contributed by atoms with Crippen LogP contribution in [0.3, 0.4) is 0 Å². The van der Waals surface area contributed by atoms with E-state index in [0.29, 0.717) is 5.56 Å². The van der Waals surface area contributed by atoms with Gasteiger partial charge in [-0.25, -0.2) is 4.39 Å². The van der Waals surface area contributed by atoms with Crippen molar-refractivity contribution >= 4 is 11.7 Å². The summed E-state index contributed by atoms with van der Waals surface area (Å²) in [5.41, 5.74) is 0.819. The van der Waals surface area contributed by atoms with Crippen molar-refractivity contribution in [1.29, 1.82) is 0 Å². The quantitative estimate of drug-likeness (QED) is 0.750. The van der Waals surface area contributed by atoms with Crippen LogP contribution in [0.2, 0.25) is 0 Å². The number of phenols is 1. The van der Waals surface area contributed by atoms with Crippen molar-refractivity contribution in [3.63, 3.8) is 0 Å². The fraction of sp³-hybridized carbons (Fsp3) is 0.214. The van der Waals surface area contributed by atoms with Gasteiger partial charge in [0.1, 0.15) is 11.4 Å². The summed E-state index contributed by atoms with van der Waals surface area (Å²) in [6.07, 6.45) is 0. The molecular weight excluding hydrogens is 277 g/mol. The molecule has 0 aliphatic rings. The normalized spacial score (nSPS) is 12.0. The largest absolute Gasteiger partial charge is 0.505 e. The van der Waals surface area contributed by atoms with Gasteiger partial charge < -0.3 is 10.4 Å². The highest BCUT2D eigenvalue weighted by molar-refractivity contribution is 5.97. The zero-order chi connectivity index (χ0) is 15.6. The number of hydrogen-bond donors (Lipinski definition) is 3. The van der Waals surface area contributed by atoms with Crippen molar-refractivity contribution in [2.45, 2.75) is 19.9 Å². The van der Waals surface area contributed by atoms with Crippen molar-refractivity contribution in [2.24, 2.45) is 0 Å². The molecule has 1 heterocycles. The Bertz CT molecular complexity index is 697.